The monoisotopic (exact) mass is 374 g/mol. The van der Waals surface area contributed by atoms with E-state index in [4.69, 9.17) is 4.74 Å². The Morgan fingerprint density at radius 1 is 1.15 bits per heavy atom. The summed E-state index contributed by atoms with van der Waals surface area (Å²) < 4.78 is 5.14. The van der Waals surface area contributed by atoms with Gasteiger partial charge in [0.25, 0.3) is 11.8 Å². The van der Waals surface area contributed by atoms with E-state index in [2.05, 4.69) is 10.6 Å². The van der Waals surface area contributed by atoms with Gasteiger partial charge in [-0.05, 0) is 43.3 Å². The quantitative estimate of drug-likeness (QED) is 0.730. The fraction of sp³-hybridized carbons (Fsp3) is 0.316. The minimum atomic E-state index is -0.922. The van der Waals surface area contributed by atoms with Crippen molar-refractivity contribution in [2.24, 2.45) is 0 Å². The van der Waals surface area contributed by atoms with Crippen LogP contribution in [0.4, 0.5) is 5.69 Å². The van der Waals surface area contributed by atoms with Gasteiger partial charge in [-0.25, -0.2) is 0 Å². The fourth-order valence-corrected chi connectivity index (χ4v) is 2.96. The predicted octanol–water partition coefficient (Wildman–Crippen LogP) is 3.06. The van der Waals surface area contributed by atoms with Crippen molar-refractivity contribution in [3.63, 3.8) is 0 Å². The molecule has 2 rings (SSSR count). The molecule has 2 N–H and O–H groups in total. The topological polar surface area (TPSA) is 84.5 Å². The largest absolute Gasteiger partial charge is 0.452 e. The first-order valence-corrected chi connectivity index (χ1v) is 9.19. The van der Waals surface area contributed by atoms with Gasteiger partial charge in [-0.3, -0.25) is 14.4 Å². The number of carbonyl (C=O) groups is 3. The summed E-state index contributed by atoms with van der Waals surface area (Å²) >= 11 is 1.42. The zero-order chi connectivity index (χ0) is 19.1. The molecular formula is C19H22N2O4S. The van der Waals surface area contributed by atoms with Gasteiger partial charge in [-0.2, -0.15) is 11.3 Å². The highest BCUT2D eigenvalue weighted by Gasteiger charge is 2.19. The molecule has 0 radical (unpaired) electrons. The fourth-order valence-electron chi connectivity index (χ4n) is 2.32. The molecule has 2 aromatic rings. The molecule has 26 heavy (non-hydrogen) atoms. The Morgan fingerprint density at radius 3 is 2.46 bits per heavy atom. The van der Waals surface area contributed by atoms with Crippen molar-refractivity contribution in [1.29, 1.82) is 0 Å². The summed E-state index contributed by atoms with van der Waals surface area (Å²) in [6, 6.07) is 7.41. The van der Waals surface area contributed by atoms with Gasteiger partial charge in [0, 0.05) is 23.2 Å². The molecule has 2 amide bonds. The number of amides is 2. The standard InChI is InChI=1S/C19H22N2O4S/c1-12-5-4-6-13(2)17(12)21-18(23)14(3)25-16(22)7-9-20-19(24)15-8-10-26-11-15/h4-6,8,10-11,14H,7,9H2,1-3H3,(H,20,24)(H,21,23). The first kappa shape index (κ1) is 19.7. The summed E-state index contributed by atoms with van der Waals surface area (Å²) in [5.74, 6) is -1.17. The summed E-state index contributed by atoms with van der Waals surface area (Å²) in [4.78, 5) is 35.9. The van der Waals surface area contributed by atoms with Gasteiger partial charge in [0.2, 0.25) is 0 Å². The maximum atomic E-state index is 12.2. The summed E-state index contributed by atoms with van der Waals surface area (Å²) in [5, 5.41) is 8.97. The van der Waals surface area contributed by atoms with Gasteiger partial charge in [-0.15, -0.1) is 0 Å². The first-order chi connectivity index (χ1) is 12.4. The molecule has 0 spiro atoms. The Hall–Kier alpha value is -2.67. The number of hydrogen-bond donors (Lipinski definition) is 2. The number of thiophene rings is 1. The molecule has 0 saturated carbocycles. The average Bonchev–Trinajstić information content (AvgIpc) is 3.12. The Kier molecular flexibility index (Phi) is 6.91. The zero-order valence-corrected chi connectivity index (χ0v) is 15.8. The third kappa shape index (κ3) is 5.42. The molecule has 0 aliphatic carbocycles. The molecule has 0 aliphatic heterocycles. The lowest BCUT2D eigenvalue weighted by atomic mass is 10.1. The molecule has 0 bridgehead atoms. The number of para-hydroxylation sites is 1. The summed E-state index contributed by atoms with van der Waals surface area (Å²) in [7, 11) is 0. The number of esters is 1. The molecule has 1 heterocycles. The highest BCUT2D eigenvalue weighted by molar-refractivity contribution is 7.08. The van der Waals surface area contributed by atoms with Crippen molar-refractivity contribution in [3.05, 3.63) is 51.7 Å². The summed E-state index contributed by atoms with van der Waals surface area (Å²) in [6.07, 6.45) is -0.925. The molecule has 138 valence electrons. The van der Waals surface area contributed by atoms with Crippen LogP contribution >= 0.6 is 11.3 Å². The number of benzene rings is 1. The van der Waals surface area contributed by atoms with E-state index in [1.165, 1.54) is 18.3 Å². The molecule has 1 aromatic carbocycles. The maximum absolute atomic E-state index is 12.2. The number of carbonyl (C=O) groups excluding carboxylic acids is 3. The van der Waals surface area contributed by atoms with Crippen LogP contribution in [0.15, 0.2) is 35.0 Å². The predicted molar refractivity (Wildman–Crippen MR) is 101 cm³/mol. The number of rotatable bonds is 7. The zero-order valence-electron chi connectivity index (χ0n) is 15.0. The second-order valence-corrected chi connectivity index (χ2v) is 6.69. The number of nitrogens with one attached hydrogen (secondary N) is 2. The van der Waals surface area contributed by atoms with Crippen molar-refractivity contribution in [2.45, 2.75) is 33.3 Å². The van der Waals surface area contributed by atoms with Crippen molar-refractivity contribution in [3.8, 4) is 0 Å². The van der Waals surface area contributed by atoms with Gasteiger partial charge >= 0.3 is 5.97 Å². The molecule has 0 saturated heterocycles. The lowest BCUT2D eigenvalue weighted by Gasteiger charge is -2.16. The Morgan fingerprint density at radius 2 is 1.85 bits per heavy atom. The molecule has 6 nitrogen and oxygen atoms in total. The van der Waals surface area contributed by atoms with E-state index in [0.29, 0.717) is 5.56 Å². The van der Waals surface area contributed by atoms with Crippen LogP contribution in [0, 0.1) is 13.8 Å². The first-order valence-electron chi connectivity index (χ1n) is 8.25. The van der Waals surface area contributed by atoms with Crippen molar-refractivity contribution in [2.75, 3.05) is 11.9 Å². The van der Waals surface area contributed by atoms with Crippen LogP contribution in [-0.4, -0.2) is 30.4 Å². The Balaban J connectivity index is 1.77. The highest BCUT2D eigenvalue weighted by Crippen LogP contribution is 2.19. The second kappa shape index (κ2) is 9.15. The van der Waals surface area contributed by atoms with Gasteiger partial charge in [-0.1, -0.05) is 18.2 Å². The van der Waals surface area contributed by atoms with E-state index >= 15 is 0 Å². The third-order valence-electron chi connectivity index (χ3n) is 3.80. The van der Waals surface area contributed by atoms with Crippen LogP contribution in [0.1, 0.15) is 34.8 Å². The second-order valence-electron chi connectivity index (χ2n) is 5.91. The van der Waals surface area contributed by atoms with E-state index < -0.39 is 18.0 Å². The van der Waals surface area contributed by atoms with Gasteiger partial charge < -0.3 is 15.4 Å². The van der Waals surface area contributed by atoms with Crippen LogP contribution in [0.3, 0.4) is 0 Å². The third-order valence-corrected chi connectivity index (χ3v) is 4.49. The minimum Gasteiger partial charge on any atom is -0.452 e. The van der Waals surface area contributed by atoms with Crippen LogP contribution in [0.25, 0.3) is 0 Å². The van der Waals surface area contributed by atoms with E-state index in [0.717, 1.165) is 16.8 Å². The molecular weight excluding hydrogens is 352 g/mol. The van der Waals surface area contributed by atoms with E-state index in [1.807, 2.05) is 32.0 Å². The van der Waals surface area contributed by atoms with Gasteiger partial charge in [0.05, 0.1) is 6.42 Å². The van der Waals surface area contributed by atoms with Crippen molar-refractivity contribution in [1.82, 2.24) is 5.32 Å². The van der Waals surface area contributed by atoms with Gasteiger partial charge in [0.15, 0.2) is 6.10 Å². The van der Waals surface area contributed by atoms with E-state index in [1.54, 1.807) is 16.8 Å². The number of anilines is 1. The minimum absolute atomic E-state index is 0.00309. The van der Waals surface area contributed by atoms with Crippen LogP contribution in [0.2, 0.25) is 0 Å². The molecule has 7 heteroatoms. The average molecular weight is 374 g/mol. The van der Waals surface area contributed by atoms with Crippen molar-refractivity contribution >= 4 is 34.8 Å². The molecule has 0 aliphatic rings. The maximum Gasteiger partial charge on any atom is 0.308 e. The Bertz CT molecular complexity index is 767. The highest BCUT2D eigenvalue weighted by atomic mass is 32.1. The molecule has 1 unspecified atom stereocenters. The normalized spacial score (nSPS) is 11.5. The SMILES string of the molecule is Cc1cccc(C)c1NC(=O)C(C)OC(=O)CCNC(=O)c1ccsc1. The van der Waals surface area contributed by atoms with Crippen LogP contribution in [-0.2, 0) is 14.3 Å². The molecule has 0 fully saturated rings. The molecule has 1 aromatic heterocycles. The van der Waals surface area contributed by atoms with E-state index in [-0.39, 0.29) is 18.9 Å². The molecule has 1 atom stereocenters. The summed E-state index contributed by atoms with van der Waals surface area (Å²) in [6.45, 7) is 5.47. The van der Waals surface area contributed by atoms with E-state index in [9.17, 15) is 14.4 Å². The number of aryl methyl sites for hydroxylation is 2. The lowest BCUT2D eigenvalue weighted by Crippen LogP contribution is -2.32. The van der Waals surface area contributed by atoms with Crippen molar-refractivity contribution < 1.29 is 19.1 Å². The Labute approximate surface area is 156 Å². The lowest BCUT2D eigenvalue weighted by molar-refractivity contribution is -0.153. The number of ether oxygens (including phenoxy) is 1. The summed E-state index contributed by atoms with van der Waals surface area (Å²) in [5.41, 5.74) is 3.16. The number of hydrogen-bond acceptors (Lipinski definition) is 5. The van der Waals surface area contributed by atoms with Crippen LogP contribution in [0.5, 0.6) is 0 Å². The van der Waals surface area contributed by atoms with Crippen LogP contribution < -0.4 is 10.6 Å². The van der Waals surface area contributed by atoms with Gasteiger partial charge in [0.1, 0.15) is 0 Å². The smallest absolute Gasteiger partial charge is 0.308 e.